The monoisotopic (exact) mass is 343 g/mol. The van der Waals surface area contributed by atoms with Crippen LogP contribution in [0.25, 0.3) is 0 Å². The number of halogens is 1. The van der Waals surface area contributed by atoms with E-state index in [1.807, 2.05) is 11.8 Å². The molecule has 108 valence electrons. The van der Waals surface area contributed by atoms with E-state index in [2.05, 4.69) is 66.3 Å². The molecule has 0 radical (unpaired) electrons. The molecule has 0 aromatic heterocycles. The van der Waals surface area contributed by atoms with E-state index in [1.54, 1.807) is 0 Å². The zero-order chi connectivity index (χ0) is 14.1. The van der Waals surface area contributed by atoms with Crippen molar-refractivity contribution >= 4 is 27.7 Å². The number of hydrogen-bond acceptors (Lipinski definition) is 2. The summed E-state index contributed by atoms with van der Waals surface area (Å²) in [5.41, 5.74) is 0. The van der Waals surface area contributed by atoms with Crippen molar-refractivity contribution in [3.8, 4) is 0 Å². The van der Waals surface area contributed by atoms with Crippen LogP contribution in [0, 0.1) is 5.92 Å². The summed E-state index contributed by atoms with van der Waals surface area (Å²) in [6, 6.07) is 9.24. The second kappa shape index (κ2) is 9.84. The number of hydrogen-bond donors (Lipinski definition) is 1. The minimum atomic E-state index is 0.636. The first kappa shape index (κ1) is 17.1. The largest absolute Gasteiger partial charge is 0.313 e. The van der Waals surface area contributed by atoms with Crippen LogP contribution in [0.2, 0.25) is 0 Å². The van der Waals surface area contributed by atoms with Crippen LogP contribution in [0.3, 0.4) is 0 Å². The zero-order valence-corrected chi connectivity index (χ0v) is 14.7. The molecule has 0 saturated heterocycles. The van der Waals surface area contributed by atoms with Gasteiger partial charge >= 0.3 is 0 Å². The Morgan fingerprint density at radius 2 is 1.84 bits per heavy atom. The van der Waals surface area contributed by atoms with Gasteiger partial charge in [-0.2, -0.15) is 0 Å². The van der Waals surface area contributed by atoms with E-state index in [0.717, 1.165) is 22.7 Å². The summed E-state index contributed by atoms with van der Waals surface area (Å²) in [7, 11) is 0. The van der Waals surface area contributed by atoms with E-state index in [9.17, 15) is 0 Å². The van der Waals surface area contributed by atoms with Crippen LogP contribution in [-0.2, 0) is 0 Å². The van der Waals surface area contributed by atoms with Gasteiger partial charge in [0.15, 0.2) is 0 Å². The topological polar surface area (TPSA) is 12.0 Å². The lowest BCUT2D eigenvalue weighted by Crippen LogP contribution is -2.31. The normalized spacial score (nSPS) is 12.9. The minimum absolute atomic E-state index is 0.636. The molecule has 0 saturated carbocycles. The number of nitrogens with one attached hydrogen (secondary N) is 1. The third-order valence-corrected chi connectivity index (χ3v) is 4.79. The highest BCUT2D eigenvalue weighted by molar-refractivity contribution is 9.10. The highest BCUT2D eigenvalue weighted by Crippen LogP contribution is 2.22. The van der Waals surface area contributed by atoms with Crippen LogP contribution in [0.5, 0.6) is 0 Å². The Morgan fingerprint density at radius 1 is 1.16 bits per heavy atom. The maximum atomic E-state index is 3.61. The standard InChI is InChI=1S/C16H26BrNS/c1-4-18-15(7-5-6-13(2)3)12-19-16-10-8-14(17)9-11-16/h8-11,13,15,18H,4-7,12H2,1-3H3. The molecule has 0 heterocycles. The first-order chi connectivity index (χ1) is 9.11. The van der Waals surface area contributed by atoms with Gasteiger partial charge in [-0.25, -0.2) is 0 Å². The van der Waals surface area contributed by atoms with E-state index in [-0.39, 0.29) is 0 Å². The number of thioether (sulfide) groups is 1. The summed E-state index contributed by atoms with van der Waals surface area (Å²) in [4.78, 5) is 1.36. The lowest BCUT2D eigenvalue weighted by molar-refractivity contribution is 0.469. The molecule has 1 unspecified atom stereocenters. The average Bonchev–Trinajstić information content (AvgIpc) is 2.37. The quantitative estimate of drug-likeness (QED) is 0.607. The van der Waals surface area contributed by atoms with E-state index >= 15 is 0 Å². The SMILES string of the molecule is CCNC(CCCC(C)C)CSc1ccc(Br)cc1. The predicted octanol–water partition coefficient (Wildman–Crippen LogP) is 5.35. The Balaban J connectivity index is 2.33. The molecule has 0 fully saturated rings. The molecule has 3 heteroatoms. The van der Waals surface area contributed by atoms with Crippen LogP contribution in [0.15, 0.2) is 33.6 Å². The van der Waals surface area contributed by atoms with E-state index in [1.165, 1.54) is 24.2 Å². The van der Waals surface area contributed by atoms with Gasteiger partial charge in [0.2, 0.25) is 0 Å². The summed E-state index contributed by atoms with van der Waals surface area (Å²) >= 11 is 5.43. The van der Waals surface area contributed by atoms with Gasteiger partial charge in [-0.15, -0.1) is 11.8 Å². The van der Waals surface area contributed by atoms with Crippen molar-refractivity contribution in [3.05, 3.63) is 28.7 Å². The van der Waals surface area contributed by atoms with Gasteiger partial charge in [0.25, 0.3) is 0 Å². The molecule has 0 amide bonds. The highest BCUT2D eigenvalue weighted by Gasteiger charge is 2.08. The van der Waals surface area contributed by atoms with Crippen molar-refractivity contribution in [2.75, 3.05) is 12.3 Å². The van der Waals surface area contributed by atoms with Crippen molar-refractivity contribution in [3.63, 3.8) is 0 Å². The third kappa shape index (κ3) is 8.01. The second-order valence-corrected chi connectivity index (χ2v) is 7.35. The molecule has 1 atom stereocenters. The molecule has 1 rings (SSSR count). The molecule has 1 aromatic rings. The fraction of sp³-hybridized carbons (Fsp3) is 0.625. The highest BCUT2D eigenvalue weighted by atomic mass is 79.9. The van der Waals surface area contributed by atoms with Crippen LogP contribution in [0.4, 0.5) is 0 Å². The van der Waals surface area contributed by atoms with Gasteiger partial charge in [0.05, 0.1) is 0 Å². The molecule has 1 nitrogen and oxygen atoms in total. The van der Waals surface area contributed by atoms with E-state index in [4.69, 9.17) is 0 Å². The van der Waals surface area contributed by atoms with Gasteiger partial charge in [0, 0.05) is 21.2 Å². The van der Waals surface area contributed by atoms with Crippen LogP contribution in [0.1, 0.15) is 40.0 Å². The van der Waals surface area contributed by atoms with Crippen LogP contribution in [-0.4, -0.2) is 18.3 Å². The molecular formula is C16H26BrNS. The molecule has 0 aliphatic heterocycles. The molecule has 0 spiro atoms. The molecule has 0 aliphatic carbocycles. The zero-order valence-electron chi connectivity index (χ0n) is 12.3. The van der Waals surface area contributed by atoms with E-state index < -0.39 is 0 Å². The summed E-state index contributed by atoms with van der Waals surface area (Å²) in [6.07, 6.45) is 3.95. The Hall–Kier alpha value is 0.01000. The molecule has 1 aromatic carbocycles. The van der Waals surface area contributed by atoms with Crippen molar-refractivity contribution in [1.82, 2.24) is 5.32 Å². The lowest BCUT2D eigenvalue weighted by Gasteiger charge is -2.18. The first-order valence-corrected chi connectivity index (χ1v) is 9.01. The third-order valence-electron chi connectivity index (χ3n) is 3.09. The van der Waals surface area contributed by atoms with Gasteiger partial charge in [-0.3, -0.25) is 0 Å². The van der Waals surface area contributed by atoms with Crippen molar-refractivity contribution in [2.45, 2.75) is 51.0 Å². The maximum Gasteiger partial charge on any atom is 0.0176 e. The Labute approximate surface area is 131 Å². The fourth-order valence-corrected chi connectivity index (χ4v) is 3.30. The molecule has 19 heavy (non-hydrogen) atoms. The number of rotatable bonds is 9. The fourth-order valence-electron chi connectivity index (χ4n) is 2.03. The van der Waals surface area contributed by atoms with Crippen LogP contribution < -0.4 is 5.32 Å². The smallest absolute Gasteiger partial charge is 0.0176 e. The van der Waals surface area contributed by atoms with Gasteiger partial charge in [-0.05, 0) is 43.1 Å². The second-order valence-electron chi connectivity index (χ2n) is 5.34. The van der Waals surface area contributed by atoms with Gasteiger partial charge in [0.1, 0.15) is 0 Å². The minimum Gasteiger partial charge on any atom is -0.313 e. The number of benzene rings is 1. The van der Waals surface area contributed by atoms with Crippen molar-refractivity contribution in [1.29, 1.82) is 0 Å². The van der Waals surface area contributed by atoms with Gasteiger partial charge in [-0.1, -0.05) is 49.5 Å². The first-order valence-electron chi connectivity index (χ1n) is 7.23. The average molecular weight is 344 g/mol. The van der Waals surface area contributed by atoms with Gasteiger partial charge < -0.3 is 5.32 Å². The maximum absolute atomic E-state index is 3.61. The molecule has 0 bridgehead atoms. The molecule has 0 aliphatic rings. The Morgan fingerprint density at radius 3 is 2.42 bits per heavy atom. The summed E-state index contributed by atoms with van der Waals surface area (Å²) in [5, 5.41) is 3.61. The van der Waals surface area contributed by atoms with Crippen LogP contribution >= 0.6 is 27.7 Å². The molecular weight excluding hydrogens is 318 g/mol. The summed E-state index contributed by atoms with van der Waals surface area (Å²) < 4.78 is 1.15. The lowest BCUT2D eigenvalue weighted by atomic mass is 10.0. The Kier molecular flexibility index (Phi) is 8.84. The molecule has 1 N–H and O–H groups in total. The van der Waals surface area contributed by atoms with Crippen molar-refractivity contribution in [2.24, 2.45) is 5.92 Å². The Bertz CT molecular complexity index is 337. The summed E-state index contributed by atoms with van der Waals surface area (Å²) in [5.74, 6) is 1.98. The van der Waals surface area contributed by atoms with E-state index in [0.29, 0.717) is 6.04 Å². The van der Waals surface area contributed by atoms with Crippen molar-refractivity contribution < 1.29 is 0 Å². The predicted molar refractivity (Wildman–Crippen MR) is 91.0 cm³/mol. The summed E-state index contributed by atoms with van der Waals surface area (Å²) in [6.45, 7) is 7.87.